The van der Waals surface area contributed by atoms with Gasteiger partial charge in [-0.1, -0.05) is 173 Å². The first-order chi connectivity index (χ1) is 33.3. The lowest BCUT2D eigenvalue weighted by molar-refractivity contribution is -0.164. The SMILES string of the molecule is CCCCCCC1CC2C(CC)C34C(=O)C56C(CNC5C([C@H](C)O[Si](C)(C)C(C)(C)C)NC6(C/C=C/c5ccc(C)cc5)C(COCc5ccccc5)NC3C([C@H](C)CC)NC4C(CC(C)C)N2C)O1. The number of rotatable bonds is 20. The van der Waals surface area contributed by atoms with Gasteiger partial charge in [-0.2, -0.15) is 0 Å². The van der Waals surface area contributed by atoms with Crippen LogP contribution in [0.5, 0.6) is 0 Å². The third kappa shape index (κ3) is 9.34. The van der Waals surface area contributed by atoms with Gasteiger partial charge >= 0.3 is 0 Å². The number of piperidine rings is 1. The number of likely N-dealkylation sites (tertiary alicyclic amines) is 1. The van der Waals surface area contributed by atoms with Crippen molar-refractivity contribution in [2.75, 3.05) is 20.2 Å². The van der Waals surface area contributed by atoms with Crippen molar-refractivity contribution in [1.29, 1.82) is 0 Å². The molecule has 3 bridgehead atoms. The maximum absolute atomic E-state index is 18.4. The van der Waals surface area contributed by atoms with Gasteiger partial charge in [0.1, 0.15) is 0 Å². The summed E-state index contributed by atoms with van der Waals surface area (Å²) < 4.78 is 22.7. The lowest BCUT2D eigenvalue weighted by Crippen LogP contribution is -2.74. The molecule has 16 atom stereocenters. The van der Waals surface area contributed by atoms with Crippen LogP contribution in [-0.2, 0) is 25.3 Å². The van der Waals surface area contributed by atoms with Gasteiger partial charge in [0.2, 0.25) is 0 Å². The number of nitrogens with one attached hydrogen (secondary N) is 4. The Bertz CT molecular complexity index is 2080. The molecule has 0 radical (unpaired) electrons. The minimum absolute atomic E-state index is 0.0166. The van der Waals surface area contributed by atoms with E-state index in [0.29, 0.717) is 43.8 Å². The summed E-state index contributed by atoms with van der Waals surface area (Å²) in [6.07, 6.45) is 14.6. The zero-order valence-corrected chi connectivity index (χ0v) is 47.2. The molecule has 0 amide bonds. The molecule has 8 rings (SSSR count). The van der Waals surface area contributed by atoms with Gasteiger partial charge in [0.25, 0.3) is 0 Å². The van der Waals surface area contributed by atoms with Crippen molar-refractivity contribution in [2.45, 2.75) is 237 Å². The molecule has 4 N–H and O–H groups in total. The van der Waals surface area contributed by atoms with E-state index in [1.165, 1.54) is 30.4 Å². The number of ether oxygens (including phenoxy) is 2. The number of carbonyl (C=O) groups excluding carboxylic acids is 1. The predicted octanol–water partition coefficient (Wildman–Crippen LogP) is 10.9. The monoisotopic (exact) mass is 980 g/mol. The van der Waals surface area contributed by atoms with E-state index >= 15 is 4.79 Å². The number of carbonyl (C=O) groups is 1. The van der Waals surface area contributed by atoms with Gasteiger partial charge in [0.15, 0.2) is 14.1 Å². The molecule has 0 aromatic heterocycles. The average molecular weight is 981 g/mol. The quantitative estimate of drug-likeness (QED) is 0.0764. The molecule has 10 heteroatoms. The van der Waals surface area contributed by atoms with Gasteiger partial charge in [-0.15, -0.1) is 0 Å². The number of nitrogens with zero attached hydrogens (tertiary/aromatic N) is 1. The maximum Gasteiger partial charge on any atom is 0.192 e. The van der Waals surface area contributed by atoms with Crippen LogP contribution in [0.1, 0.15) is 150 Å². The van der Waals surface area contributed by atoms with Gasteiger partial charge in [-0.25, -0.2) is 0 Å². The van der Waals surface area contributed by atoms with E-state index in [1.807, 2.05) is 0 Å². The highest BCUT2D eigenvalue weighted by Gasteiger charge is 2.84. The van der Waals surface area contributed by atoms with Gasteiger partial charge in [-0.05, 0) is 93.6 Å². The number of unbranched alkanes of at least 4 members (excludes halogenated alkanes) is 3. The smallest absolute Gasteiger partial charge is 0.192 e. The molecular weight excluding hydrogens is 883 g/mol. The van der Waals surface area contributed by atoms with Gasteiger partial charge < -0.3 is 35.2 Å². The molecule has 0 saturated carbocycles. The second-order valence-corrected chi connectivity index (χ2v) is 30.0. The first kappa shape index (κ1) is 54.0. The summed E-state index contributed by atoms with van der Waals surface area (Å²) in [5.74, 6) is 1.36. The van der Waals surface area contributed by atoms with Crippen LogP contribution >= 0.6 is 0 Å². The number of hydrogen-bond donors (Lipinski definition) is 4. The number of likely N-dealkylation sites (N-methyl/N-ethyl adjacent to an activating group) is 1. The number of hydrogen-bond acceptors (Lipinski definition) is 9. The normalized spacial score (nSPS) is 37.3. The molecule has 390 valence electrons. The topological polar surface area (TPSA) is 96.1 Å². The van der Waals surface area contributed by atoms with Gasteiger partial charge in [-0.3, -0.25) is 9.69 Å². The van der Waals surface area contributed by atoms with Crippen LogP contribution in [0.15, 0.2) is 60.7 Å². The highest BCUT2D eigenvalue weighted by atomic mass is 28.4. The Hall–Kier alpha value is -2.25. The summed E-state index contributed by atoms with van der Waals surface area (Å²) in [5.41, 5.74) is 1.06. The highest BCUT2D eigenvalue weighted by Crippen LogP contribution is 2.66. The van der Waals surface area contributed by atoms with E-state index in [1.54, 1.807) is 0 Å². The van der Waals surface area contributed by atoms with Gasteiger partial charge in [0, 0.05) is 48.8 Å². The fourth-order valence-electron chi connectivity index (χ4n) is 15.2. The van der Waals surface area contributed by atoms with E-state index in [-0.39, 0.29) is 77.6 Å². The Balaban J connectivity index is 1.42. The molecule has 2 spiro atoms. The Kier molecular flexibility index (Phi) is 16.6. The fraction of sp³-hybridized carbons (Fsp3) is 0.750. The molecule has 14 unspecified atom stereocenters. The lowest BCUT2D eigenvalue weighted by atomic mass is 9.48. The van der Waals surface area contributed by atoms with Crippen molar-refractivity contribution in [2.24, 2.45) is 28.6 Å². The third-order valence-electron chi connectivity index (χ3n) is 19.7. The largest absolute Gasteiger partial charge is 0.413 e. The summed E-state index contributed by atoms with van der Waals surface area (Å²) in [6, 6.07) is 19.2. The van der Waals surface area contributed by atoms with Crippen LogP contribution in [0.25, 0.3) is 6.08 Å². The van der Waals surface area contributed by atoms with Crippen molar-refractivity contribution in [1.82, 2.24) is 26.2 Å². The highest BCUT2D eigenvalue weighted by molar-refractivity contribution is 6.74. The number of benzene rings is 2. The Morgan fingerprint density at radius 2 is 1.66 bits per heavy atom. The fourth-order valence-corrected chi connectivity index (χ4v) is 16.6. The molecule has 6 aliphatic heterocycles. The first-order valence-electron chi connectivity index (χ1n) is 28.3. The zero-order chi connectivity index (χ0) is 50.4. The molecule has 0 aliphatic carbocycles. The third-order valence-corrected chi connectivity index (χ3v) is 24.3. The Morgan fingerprint density at radius 3 is 2.31 bits per heavy atom. The second-order valence-electron chi connectivity index (χ2n) is 25.3. The van der Waals surface area contributed by atoms with Crippen molar-refractivity contribution < 1.29 is 18.7 Å². The molecule has 2 aromatic rings. The van der Waals surface area contributed by atoms with E-state index < -0.39 is 24.7 Å². The standard InChI is InChI=1S/C60H97N5O4Si/c1-15-18-19-23-28-45-35-47-46(17-3)59-53(48(65(47)12)34-39(4)5)63-51(41(7)16-2)54(59)62-49(38-67-37-44-25-21-20-22-26-44)58(33-24-27-43-31-29-40(6)30-32-43)60(56(59)66)50(68-45)36-61-55(60)52(64-58)42(8)69-70(13,14)57(9,10)11/h20-22,24-27,29-32,39,41-42,45-55,61-64H,15-19,23,28,33-38H2,1-14H3/b27-24+/t41-,42+,45?,46?,47?,48?,49?,50?,51?,52?,53?,54?,55?,58?,59?,60?/m1/s1. The van der Waals surface area contributed by atoms with Crippen molar-refractivity contribution >= 4 is 20.2 Å². The van der Waals surface area contributed by atoms with E-state index in [0.717, 1.165) is 44.1 Å². The number of aryl methyl sites for hydroxylation is 1. The number of fused-ring (bicyclic) bond motifs is 1. The van der Waals surface area contributed by atoms with Crippen molar-refractivity contribution in [3.8, 4) is 0 Å². The van der Waals surface area contributed by atoms with Crippen LogP contribution in [0.2, 0.25) is 18.1 Å². The minimum Gasteiger partial charge on any atom is -0.413 e. The van der Waals surface area contributed by atoms with Crippen LogP contribution in [0, 0.1) is 35.5 Å². The van der Waals surface area contributed by atoms with E-state index in [2.05, 4.69) is 189 Å². The second kappa shape index (κ2) is 21.5. The van der Waals surface area contributed by atoms with Gasteiger partial charge in [0.05, 0.1) is 53.9 Å². The van der Waals surface area contributed by atoms with Crippen LogP contribution in [0.3, 0.4) is 0 Å². The summed E-state index contributed by atoms with van der Waals surface area (Å²) in [4.78, 5) is 21.1. The summed E-state index contributed by atoms with van der Waals surface area (Å²) in [7, 11) is 0.145. The van der Waals surface area contributed by atoms with Crippen molar-refractivity contribution in [3.63, 3.8) is 0 Å². The summed E-state index contributed by atoms with van der Waals surface area (Å²) in [6.45, 7) is 32.1. The minimum atomic E-state index is -2.27. The Labute approximate surface area is 426 Å². The van der Waals surface area contributed by atoms with Crippen LogP contribution in [0.4, 0.5) is 0 Å². The molecule has 6 fully saturated rings. The summed E-state index contributed by atoms with van der Waals surface area (Å²) >= 11 is 0. The molecule has 6 saturated heterocycles. The average Bonchev–Trinajstić information content (AvgIpc) is 3.95. The van der Waals surface area contributed by atoms with Crippen LogP contribution in [-0.4, -0.2) is 111 Å². The molecule has 70 heavy (non-hydrogen) atoms. The molecule has 6 heterocycles. The Morgan fingerprint density at radius 1 is 0.929 bits per heavy atom. The molecule has 6 aliphatic rings. The zero-order valence-electron chi connectivity index (χ0n) is 46.2. The number of Topliss-reactive ketones (excluding diaryl/α,β-unsaturated/α-hetero) is 1. The maximum atomic E-state index is 18.4. The predicted molar refractivity (Wildman–Crippen MR) is 291 cm³/mol. The molecule has 9 nitrogen and oxygen atoms in total. The molecule has 2 aromatic carbocycles. The van der Waals surface area contributed by atoms with E-state index in [9.17, 15) is 0 Å². The first-order valence-corrected chi connectivity index (χ1v) is 31.2. The lowest BCUT2D eigenvalue weighted by Gasteiger charge is -2.60. The van der Waals surface area contributed by atoms with Crippen LogP contribution < -0.4 is 21.3 Å². The van der Waals surface area contributed by atoms with E-state index in [4.69, 9.17) is 13.9 Å². The van der Waals surface area contributed by atoms with Crippen molar-refractivity contribution in [3.05, 3.63) is 77.4 Å². The summed E-state index contributed by atoms with van der Waals surface area (Å²) in [5, 5.41) is 17.9. The molecular formula is C60H97N5O4Si. The number of ketones is 1.